The van der Waals surface area contributed by atoms with Crippen LogP contribution in [0.15, 0.2) is 12.4 Å². The number of amides is 6. The second-order valence-corrected chi connectivity index (χ2v) is 12.9. The Morgan fingerprint density at radius 2 is 1.40 bits per heavy atom. The van der Waals surface area contributed by atoms with E-state index in [9.17, 15) is 24.0 Å². The summed E-state index contributed by atoms with van der Waals surface area (Å²) in [4.78, 5) is 72.0. The van der Waals surface area contributed by atoms with Gasteiger partial charge in [-0.15, -0.1) is 0 Å². The van der Waals surface area contributed by atoms with Crippen LogP contribution in [0.3, 0.4) is 0 Å². The van der Waals surface area contributed by atoms with Crippen molar-refractivity contribution in [1.29, 1.82) is 0 Å². The number of ether oxygens (including phenoxy) is 2. The number of β-lactam (4-membered cyclic amide) rings is 1. The van der Waals surface area contributed by atoms with Crippen molar-refractivity contribution in [1.82, 2.24) is 29.8 Å². The van der Waals surface area contributed by atoms with Gasteiger partial charge in [0.25, 0.3) is 0 Å². The Balaban J connectivity index is 0.00000130. The third-order valence-corrected chi connectivity index (χ3v) is 7.85. The van der Waals surface area contributed by atoms with Gasteiger partial charge in [0.05, 0.1) is 18.3 Å². The summed E-state index contributed by atoms with van der Waals surface area (Å²) in [7, 11) is 0. The average molecular weight is 638 g/mol. The first kappa shape index (κ1) is 37.5. The monoisotopic (exact) mass is 637 g/mol. The van der Waals surface area contributed by atoms with Gasteiger partial charge < -0.3 is 40.1 Å². The summed E-state index contributed by atoms with van der Waals surface area (Å²) in [6.07, 6.45) is 1.38. The molecular weight excluding hydrogens is 582 g/mol. The van der Waals surface area contributed by atoms with Crippen molar-refractivity contribution in [3.63, 3.8) is 0 Å². The van der Waals surface area contributed by atoms with Crippen molar-refractivity contribution in [3.05, 3.63) is 12.4 Å². The highest BCUT2D eigenvalue weighted by molar-refractivity contribution is 6.09. The van der Waals surface area contributed by atoms with Gasteiger partial charge in [-0.05, 0) is 46.5 Å². The van der Waals surface area contributed by atoms with Crippen LogP contribution in [0.25, 0.3) is 0 Å². The molecule has 0 aromatic heterocycles. The molecule has 0 aromatic carbocycles. The zero-order valence-corrected chi connectivity index (χ0v) is 28.3. The molecule has 3 aliphatic heterocycles. The molecule has 3 fully saturated rings. The highest BCUT2D eigenvalue weighted by Gasteiger charge is 2.56. The van der Waals surface area contributed by atoms with E-state index in [-0.39, 0.29) is 64.9 Å². The molecule has 0 spiro atoms. The van der Waals surface area contributed by atoms with E-state index in [2.05, 4.69) is 32.7 Å². The molecule has 0 aliphatic carbocycles. The number of hydrogen-bond donors (Lipinski definition) is 2. The van der Waals surface area contributed by atoms with E-state index < -0.39 is 41.7 Å². The van der Waals surface area contributed by atoms with Crippen LogP contribution in [0.5, 0.6) is 0 Å². The first-order valence-electron chi connectivity index (χ1n) is 16.1. The van der Waals surface area contributed by atoms with Gasteiger partial charge in [-0.3, -0.25) is 14.5 Å². The molecule has 0 radical (unpaired) electrons. The Bertz CT molecular complexity index is 1050. The molecule has 2 atom stereocenters. The van der Waals surface area contributed by atoms with E-state index in [1.807, 2.05) is 0 Å². The molecule has 6 amide bonds. The standard InChI is InChI=1S/C26H43N7O7.C5H12/c1-6-39-24(37)31-16-12-30(13-17-31)23(36)33-20(19(21(33)34)8-7-9-28-18(2)27)22(35)29-10-14-32(15-11-29)25(38)40-26(3,4)5;1-4-5(2)3/h19-20,28H,2,6-17,27H2,1,3-5H3;5H,4H2,1-3H3/t19-,20?;/m1./s1. The lowest BCUT2D eigenvalue weighted by atomic mass is 9.82. The highest BCUT2D eigenvalue weighted by Crippen LogP contribution is 2.34. The smallest absolute Gasteiger partial charge is 0.410 e. The Morgan fingerprint density at radius 1 is 0.911 bits per heavy atom. The quantitative estimate of drug-likeness (QED) is 0.302. The average Bonchev–Trinajstić information content (AvgIpc) is 2.98. The number of nitrogens with one attached hydrogen (secondary N) is 1. The number of nitrogens with zero attached hydrogens (tertiary/aromatic N) is 5. The first-order valence-corrected chi connectivity index (χ1v) is 16.1. The zero-order chi connectivity index (χ0) is 33.9. The minimum Gasteiger partial charge on any atom is -0.450 e. The van der Waals surface area contributed by atoms with E-state index in [0.717, 1.165) is 10.8 Å². The number of nitrogens with two attached hydrogens (primary N) is 1. The molecule has 3 N–H and O–H groups in total. The summed E-state index contributed by atoms with van der Waals surface area (Å²) in [6.45, 7) is 20.2. The van der Waals surface area contributed by atoms with Crippen molar-refractivity contribution in [2.24, 2.45) is 17.6 Å². The lowest BCUT2D eigenvalue weighted by Gasteiger charge is -2.49. The van der Waals surface area contributed by atoms with Crippen LogP contribution < -0.4 is 11.1 Å². The van der Waals surface area contributed by atoms with Crippen molar-refractivity contribution in [3.8, 4) is 0 Å². The molecule has 14 nitrogen and oxygen atoms in total. The third kappa shape index (κ3) is 11.0. The second-order valence-electron chi connectivity index (χ2n) is 12.9. The van der Waals surface area contributed by atoms with Gasteiger partial charge in [0, 0.05) is 58.9 Å². The molecule has 3 heterocycles. The molecule has 0 aromatic rings. The topological polar surface area (TPSA) is 158 Å². The SMILES string of the molecule is C=C(N)NCCC[C@H]1C(=O)N(C(=O)N2CCN(C(=O)OCC)CC2)C1C(=O)N1CCN(C(=O)OC(C)(C)C)CC1.CCC(C)C. The van der Waals surface area contributed by atoms with Crippen LogP contribution in [0.2, 0.25) is 0 Å². The summed E-state index contributed by atoms with van der Waals surface area (Å²) < 4.78 is 10.5. The predicted molar refractivity (Wildman–Crippen MR) is 170 cm³/mol. The molecule has 0 bridgehead atoms. The third-order valence-electron chi connectivity index (χ3n) is 7.85. The van der Waals surface area contributed by atoms with Crippen molar-refractivity contribution >= 4 is 30.0 Å². The molecule has 3 aliphatic rings. The van der Waals surface area contributed by atoms with Crippen LogP contribution in [0.4, 0.5) is 14.4 Å². The van der Waals surface area contributed by atoms with Gasteiger partial charge in [-0.2, -0.15) is 0 Å². The minimum atomic E-state index is -0.933. The fraction of sp³-hybridized carbons (Fsp3) is 0.774. The van der Waals surface area contributed by atoms with E-state index in [1.54, 1.807) is 37.5 Å². The van der Waals surface area contributed by atoms with E-state index in [0.29, 0.717) is 25.2 Å². The maximum absolute atomic E-state index is 13.7. The normalized spacial score (nSPS) is 20.2. The fourth-order valence-corrected chi connectivity index (χ4v) is 4.97. The molecule has 3 saturated heterocycles. The van der Waals surface area contributed by atoms with Gasteiger partial charge >= 0.3 is 18.2 Å². The number of urea groups is 1. The lowest BCUT2D eigenvalue weighted by molar-refractivity contribution is -0.164. The molecule has 1 unspecified atom stereocenters. The van der Waals surface area contributed by atoms with Gasteiger partial charge in [0.1, 0.15) is 11.6 Å². The summed E-state index contributed by atoms with van der Waals surface area (Å²) in [5.41, 5.74) is 4.92. The summed E-state index contributed by atoms with van der Waals surface area (Å²) in [5, 5.41) is 2.91. The number of rotatable bonds is 8. The molecule has 14 heteroatoms. The van der Waals surface area contributed by atoms with Crippen LogP contribution in [0.1, 0.15) is 67.7 Å². The Morgan fingerprint density at radius 3 is 1.87 bits per heavy atom. The summed E-state index contributed by atoms with van der Waals surface area (Å²) in [5.74, 6) is -0.156. The number of carbonyl (C=O) groups is 5. The highest BCUT2D eigenvalue weighted by atomic mass is 16.6. The number of carbonyl (C=O) groups excluding carboxylic acids is 5. The summed E-state index contributed by atoms with van der Waals surface area (Å²) >= 11 is 0. The van der Waals surface area contributed by atoms with Crippen molar-refractivity contribution in [2.45, 2.75) is 79.4 Å². The Kier molecular flexibility index (Phi) is 14.3. The predicted octanol–water partition coefficient (Wildman–Crippen LogP) is 2.64. The Hall–Kier alpha value is -3.71. The molecule has 45 heavy (non-hydrogen) atoms. The van der Waals surface area contributed by atoms with Crippen molar-refractivity contribution in [2.75, 3.05) is 65.5 Å². The van der Waals surface area contributed by atoms with Crippen molar-refractivity contribution < 1.29 is 33.4 Å². The van der Waals surface area contributed by atoms with Gasteiger partial charge in [-0.25, -0.2) is 14.4 Å². The molecule has 256 valence electrons. The zero-order valence-electron chi connectivity index (χ0n) is 28.3. The summed E-state index contributed by atoms with van der Waals surface area (Å²) in [6, 6.07) is -1.47. The maximum Gasteiger partial charge on any atom is 0.410 e. The number of likely N-dealkylation sites (tertiary alicyclic amines) is 1. The molecule has 3 rings (SSSR count). The Labute approximate surface area is 268 Å². The van der Waals surface area contributed by atoms with E-state index in [1.165, 1.54) is 16.2 Å². The minimum absolute atomic E-state index is 0.226. The first-order chi connectivity index (χ1) is 21.1. The largest absolute Gasteiger partial charge is 0.450 e. The molecule has 0 saturated carbocycles. The molecular formula is C31H55N7O7. The fourth-order valence-electron chi connectivity index (χ4n) is 4.97. The van der Waals surface area contributed by atoms with Crippen LogP contribution in [-0.4, -0.2) is 132 Å². The van der Waals surface area contributed by atoms with Gasteiger partial charge in [-0.1, -0.05) is 33.8 Å². The van der Waals surface area contributed by atoms with Crippen LogP contribution >= 0.6 is 0 Å². The van der Waals surface area contributed by atoms with Gasteiger partial charge in [0.2, 0.25) is 11.8 Å². The van der Waals surface area contributed by atoms with E-state index in [4.69, 9.17) is 15.2 Å². The number of imide groups is 1. The van der Waals surface area contributed by atoms with E-state index >= 15 is 0 Å². The number of hydrogen-bond acceptors (Lipinski definition) is 9. The second kappa shape index (κ2) is 17.1. The lowest BCUT2D eigenvalue weighted by Crippen LogP contribution is -2.72. The van der Waals surface area contributed by atoms with Crippen LogP contribution in [0, 0.1) is 11.8 Å². The maximum atomic E-state index is 13.7. The number of piperazine rings is 2. The van der Waals surface area contributed by atoms with Gasteiger partial charge in [0.15, 0.2) is 0 Å². The van der Waals surface area contributed by atoms with Crippen LogP contribution in [-0.2, 0) is 19.1 Å².